The average molecular weight is 556 g/mol. The Morgan fingerprint density at radius 2 is 1.65 bits per heavy atom. The molecule has 2 aromatic heterocycles. The Labute approximate surface area is 240 Å². The average Bonchev–Trinajstić information content (AvgIpc) is 3.29. The third-order valence-electron chi connectivity index (χ3n) is 7.55. The van der Waals surface area contributed by atoms with Crippen LogP contribution in [0, 0.1) is 0 Å². The third kappa shape index (κ3) is 6.36. The number of anilines is 1. The lowest BCUT2D eigenvalue weighted by Gasteiger charge is -2.12. The maximum atomic E-state index is 13.9. The van der Waals surface area contributed by atoms with E-state index in [1.165, 1.54) is 48.3 Å². The normalized spacial score (nSPS) is 14.5. The van der Waals surface area contributed by atoms with Crippen molar-refractivity contribution in [2.45, 2.75) is 71.1 Å². The molecule has 2 aromatic carbocycles. The molecule has 7 heteroatoms. The Hall–Kier alpha value is -3.71. The number of hydrogen-bond acceptors (Lipinski definition) is 5. The molecule has 4 aromatic rings. The van der Waals surface area contributed by atoms with Gasteiger partial charge in [0.2, 0.25) is 0 Å². The van der Waals surface area contributed by atoms with Gasteiger partial charge in [-0.15, -0.1) is 11.3 Å². The van der Waals surface area contributed by atoms with E-state index >= 15 is 0 Å². The first-order valence-corrected chi connectivity index (χ1v) is 15.3. The van der Waals surface area contributed by atoms with Gasteiger partial charge in [0.25, 0.3) is 11.8 Å². The van der Waals surface area contributed by atoms with Crippen LogP contribution in [0.25, 0.3) is 22.2 Å². The minimum Gasteiger partial charge on any atom is -0.494 e. The van der Waals surface area contributed by atoms with E-state index in [0.29, 0.717) is 28.4 Å². The molecule has 3 N–H and O–H groups in total. The van der Waals surface area contributed by atoms with E-state index in [4.69, 9.17) is 15.5 Å². The highest BCUT2D eigenvalue weighted by molar-refractivity contribution is 7.17. The molecule has 2 amide bonds. The van der Waals surface area contributed by atoms with E-state index in [1.807, 2.05) is 61.5 Å². The number of nitrogens with zero attached hydrogens (tertiary/aromatic N) is 1. The van der Waals surface area contributed by atoms with Crippen LogP contribution in [-0.2, 0) is 12.8 Å². The van der Waals surface area contributed by atoms with Crippen molar-refractivity contribution in [3.63, 3.8) is 0 Å². The van der Waals surface area contributed by atoms with E-state index in [9.17, 15) is 9.59 Å². The Morgan fingerprint density at radius 1 is 0.925 bits per heavy atom. The molecular weight excluding hydrogens is 518 g/mol. The number of thiophene rings is 1. The predicted molar refractivity (Wildman–Crippen MR) is 163 cm³/mol. The van der Waals surface area contributed by atoms with Gasteiger partial charge in [-0.2, -0.15) is 0 Å². The van der Waals surface area contributed by atoms with Gasteiger partial charge in [0.15, 0.2) is 0 Å². The van der Waals surface area contributed by atoms with Gasteiger partial charge in [0, 0.05) is 15.8 Å². The van der Waals surface area contributed by atoms with E-state index in [-0.39, 0.29) is 5.91 Å². The van der Waals surface area contributed by atoms with Crippen molar-refractivity contribution >= 4 is 39.1 Å². The zero-order chi connectivity index (χ0) is 27.9. The number of nitrogens with one attached hydrogen (secondary N) is 1. The number of ether oxygens (including phenoxy) is 1. The number of hydrogen-bond donors (Lipinski definition) is 2. The van der Waals surface area contributed by atoms with Gasteiger partial charge in [-0.3, -0.25) is 9.59 Å². The van der Waals surface area contributed by atoms with Crippen molar-refractivity contribution in [3.05, 3.63) is 76.2 Å². The molecular formula is C33H37N3O3S. The predicted octanol–water partition coefficient (Wildman–Crippen LogP) is 7.93. The fourth-order valence-electron chi connectivity index (χ4n) is 5.57. The standard InChI is InChI=1S/C33H37N3O3S/c1-2-39-23-15-13-14-22(20-23)28-21-26(24-16-11-12-18-27(24)35-28)32(38)36-33-30(31(34)37)25-17-9-7-5-3-4-6-8-10-19-29(25)40-33/h11-16,18,20-21H,2-10,17,19H2,1H3,(H2,34,37)(H,36,38). The third-order valence-corrected chi connectivity index (χ3v) is 8.75. The van der Waals surface area contributed by atoms with E-state index in [0.717, 1.165) is 59.9 Å². The van der Waals surface area contributed by atoms with Gasteiger partial charge in [0.1, 0.15) is 10.8 Å². The second-order valence-corrected chi connectivity index (χ2v) is 11.5. The summed E-state index contributed by atoms with van der Waals surface area (Å²) >= 11 is 1.51. The van der Waals surface area contributed by atoms with E-state index in [1.54, 1.807) is 0 Å². The topological polar surface area (TPSA) is 94.3 Å². The number of carbonyl (C=O) groups is 2. The lowest BCUT2D eigenvalue weighted by atomic mass is 9.97. The number of amides is 2. The Bertz CT molecular complexity index is 1510. The number of aromatic nitrogens is 1. The molecule has 0 atom stereocenters. The van der Waals surface area contributed by atoms with E-state index in [2.05, 4.69) is 5.32 Å². The maximum Gasteiger partial charge on any atom is 0.257 e. The van der Waals surface area contributed by atoms with Gasteiger partial charge in [-0.05, 0) is 62.4 Å². The van der Waals surface area contributed by atoms with Crippen LogP contribution in [0.15, 0.2) is 54.6 Å². The molecule has 1 aliphatic carbocycles. The summed E-state index contributed by atoms with van der Waals surface area (Å²) in [7, 11) is 0. The van der Waals surface area contributed by atoms with Gasteiger partial charge >= 0.3 is 0 Å². The zero-order valence-corrected chi connectivity index (χ0v) is 23.9. The SMILES string of the molecule is CCOc1cccc(-c2cc(C(=O)Nc3sc4c(c3C(N)=O)CCCCCCCCCC4)c3ccccc3n2)c1. The van der Waals surface area contributed by atoms with Crippen LogP contribution in [0.5, 0.6) is 5.75 Å². The van der Waals surface area contributed by atoms with Crippen molar-refractivity contribution in [2.75, 3.05) is 11.9 Å². The molecule has 0 aliphatic heterocycles. The number of fused-ring (bicyclic) bond motifs is 2. The van der Waals surface area contributed by atoms with Gasteiger partial charge in [-0.25, -0.2) is 4.98 Å². The molecule has 0 spiro atoms. The fourth-order valence-corrected chi connectivity index (χ4v) is 6.86. The summed E-state index contributed by atoms with van der Waals surface area (Å²) < 4.78 is 5.69. The molecule has 5 rings (SSSR count). The van der Waals surface area contributed by atoms with Crippen LogP contribution in [0.4, 0.5) is 5.00 Å². The summed E-state index contributed by atoms with van der Waals surface area (Å²) in [5.41, 5.74) is 10.2. The summed E-state index contributed by atoms with van der Waals surface area (Å²) in [6.45, 7) is 2.51. The number of pyridine rings is 1. The number of aryl methyl sites for hydroxylation is 1. The lowest BCUT2D eigenvalue weighted by molar-refractivity contribution is 0.100. The molecule has 0 radical (unpaired) electrons. The van der Waals surface area contributed by atoms with Crippen LogP contribution in [0.2, 0.25) is 0 Å². The number of nitrogens with two attached hydrogens (primary N) is 1. The second-order valence-electron chi connectivity index (χ2n) is 10.4. The number of carbonyl (C=O) groups excluding carboxylic acids is 2. The number of para-hydroxylation sites is 1. The fraction of sp³-hybridized carbons (Fsp3) is 0.364. The quantitative estimate of drug-likeness (QED) is 0.253. The smallest absolute Gasteiger partial charge is 0.257 e. The first kappa shape index (κ1) is 27.8. The summed E-state index contributed by atoms with van der Waals surface area (Å²) in [6.07, 6.45) is 11.2. The Kier molecular flexibility index (Phi) is 9.12. The van der Waals surface area contributed by atoms with Crippen molar-refractivity contribution in [1.29, 1.82) is 0 Å². The molecule has 0 fully saturated rings. The van der Waals surface area contributed by atoms with Crippen molar-refractivity contribution in [1.82, 2.24) is 4.98 Å². The largest absolute Gasteiger partial charge is 0.494 e. The molecule has 6 nitrogen and oxygen atoms in total. The minimum absolute atomic E-state index is 0.277. The zero-order valence-electron chi connectivity index (χ0n) is 23.1. The van der Waals surface area contributed by atoms with E-state index < -0.39 is 5.91 Å². The number of rotatable bonds is 6. The van der Waals surface area contributed by atoms with Gasteiger partial charge < -0.3 is 15.8 Å². The highest BCUT2D eigenvalue weighted by Crippen LogP contribution is 2.37. The molecule has 0 saturated heterocycles. The number of primary amides is 1. The second kappa shape index (κ2) is 13.1. The molecule has 1 aliphatic rings. The van der Waals surface area contributed by atoms with Crippen LogP contribution >= 0.6 is 11.3 Å². The highest BCUT2D eigenvalue weighted by atomic mass is 32.1. The molecule has 40 heavy (non-hydrogen) atoms. The molecule has 208 valence electrons. The van der Waals surface area contributed by atoms with Crippen LogP contribution in [-0.4, -0.2) is 23.4 Å². The summed E-state index contributed by atoms with van der Waals surface area (Å²) in [5.74, 6) is -0.00504. The molecule has 2 heterocycles. The monoisotopic (exact) mass is 555 g/mol. The number of benzene rings is 2. The molecule has 0 bridgehead atoms. The van der Waals surface area contributed by atoms with Crippen LogP contribution in [0.3, 0.4) is 0 Å². The van der Waals surface area contributed by atoms with Crippen LogP contribution in [0.1, 0.15) is 89.4 Å². The summed E-state index contributed by atoms with van der Waals surface area (Å²) in [6, 6.07) is 17.2. The first-order valence-electron chi connectivity index (χ1n) is 14.4. The van der Waals surface area contributed by atoms with Gasteiger partial charge in [-0.1, -0.05) is 68.9 Å². The molecule has 0 unspecified atom stereocenters. The minimum atomic E-state index is -0.479. The summed E-state index contributed by atoms with van der Waals surface area (Å²) in [4.78, 5) is 32.7. The maximum absolute atomic E-state index is 13.9. The highest BCUT2D eigenvalue weighted by Gasteiger charge is 2.24. The lowest BCUT2D eigenvalue weighted by Crippen LogP contribution is -2.18. The Morgan fingerprint density at radius 3 is 2.40 bits per heavy atom. The molecule has 0 saturated carbocycles. The van der Waals surface area contributed by atoms with Crippen LogP contribution < -0.4 is 15.8 Å². The summed E-state index contributed by atoms with van der Waals surface area (Å²) in [5, 5.41) is 4.40. The van der Waals surface area contributed by atoms with Crippen molar-refractivity contribution < 1.29 is 14.3 Å². The first-order chi connectivity index (χ1) is 19.5. The van der Waals surface area contributed by atoms with Crippen molar-refractivity contribution in [3.8, 4) is 17.0 Å². The Balaban J connectivity index is 1.52. The van der Waals surface area contributed by atoms with Crippen molar-refractivity contribution in [2.24, 2.45) is 5.73 Å². The van der Waals surface area contributed by atoms with Gasteiger partial charge in [0.05, 0.1) is 28.9 Å².